The highest BCUT2D eigenvalue weighted by molar-refractivity contribution is 6.31. The van der Waals surface area contributed by atoms with E-state index in [9.17, 15) is 0 Å². The number of ether oxygens (including phenoxy) is 1. The lowest BCUT2D eigenvalue weighted by Crippen LogP contribution is -2.28. The van der Waals surface area contributed by atoms with Crippen LogP contribution in [-0.4, -0.2) is 36.1 Å². The Kier molecular flexibility index (Phi) is 7.32. The van der Waals surface area contributed by atoms with Gasteiger partial charge in [-0.05, 0) is 25.8 Å². The van der Waals surface area contributed by atoms with Crippen molar-refractivity contribution in [3.8, 4) is 0 Å². The first-order valence-corrected chi connectivity index (χ1v) is 7.03. The van der Waals surface area contributed by atoms with Gasteiger partial charge in [0, 0.05) is 13.2 Å². The lowest BCUT2D eigenvalue weighted by Gasteiger charge is -2.16. The molecule has 1 heterocycles. The zero-order chi connectivity index (χ0) is 13.4. The first-order chi connectivity index (χ1) is 8.72. The minimum absolute atomic E-state index is 0.553. The molecule has 1 rings (SSSR count). The van der Waals surface area contributed by atoms with Crippen molar-refractivity contribution >= 4 is 11.6 Å². The standard InChI is InChI=1S/C13H24ClN3O/c1-4-11(15-5-2)6-7-13-12(14)10-16-17(13)8-9-18-3/h10-11,15H,4-9H2,1-3H3. The Hall–Kier alpha value is -0.580. The number of nitrogens with one attached hydrogen (secondary N) is 1. The summed E-state index contributed by atoms with van der Waals surface area (Å²) in [5, 5.41) is 8.53. The van der Waals surface area contributed by atoms with Gasteiger partial charge in [-0.1, -0.05) is 25.4 Å². The Bertz CT molecular complexity index is 341. The maximum absolute atomic E-state index is 6.18. The van der Waals surface area contributed by atoms with Crippen molar-refractivity contribution in [2.24, 2.45) is 0 Å². The molecular formula is C13H24ClN3O. The summed E-state index contributed by atoms with van der Waals surface area (Å²) in [5.74, 6) is 0. The topological polar surface area (TPSA) is 39.1 Å². The number of methoxy groups -OCH3 is 1. The molecule has 0 saturated heterocycles. The minimum Gasteiger partial charge on any atom is -0.383 e. The predicted octanol–water partition coefficient (Wildman–Crippen LogP) is 2.50. The third-order valence-corrected chi connectivity index (χ3v) is 3.44. The van der Waals surface area contributed by atoms with Gasteiger partial charge in [-0.25, -0.2) is 0 Å². The van der Waals surface area contributed by atoms with E-state index in [0.717, 1.165) is 43.1 Å². The van der Waals surface area contributed by atoms with E-state index in [-0.39, 0.29) is 0 Å². The molecule has 0 spiro atoms. The lowest BCUT2D eigenvalue weighted by atomic mass is 10.1. The smallest absolute Gasteiger partial charge is 0.0817 e. The molecule has 0 aromatic carbocycles. The van der Waals surface area contributed by atoms with Crippen LogP contribution in [0.3, 0.4) is 0 Å². The minimum atomic E-state index is 0.553. The number of halogens is 1. The van der Waals surface area contributed by atoms with Crippen molar-refractivity contribution in [2.75, 3.05) is 20.3 Å². The molecule has 0 aliphatic heterocycles. The molecule has 1 atom stereocenters. The van der Waals surface area contributed by atoms with E-state index >= 15 is 0 Å². The first kappa shape index (κ1) is 15.5. The van der Waals surface area contributed by atoms with Gasteiger partial charge in [0.2, 0.25) is 0 Å². The molecule has 18 heavy (non-hydrogen) atoms. The fraction of sp³-hybridized carbons (Fsp3) is 0.769. The van der Waals surface area contributed by atoms with E-state index < -0.39 is 0 Å². The summed E-state index contributed by atoms with van der Waals surface area (Å²) in [7, 11) is 1.70. The van der Waals surface area contributed by atoms with Gasteiger partial charge in [-0.15, -0.1) is 0 Å². The van der Waals surface area contributed by atoms with Crippen LogP contribution in [0.4, 0.5) is 0 Å². The molecule has 104 valence electrons. The maximum Gasteiger partial charge on any atom is 0.0817 e. The van der Waals surface area contributed by atoms with Crippen LogP contribution in [0.2, 0.25) is 5.02 Å². The SMILES string of the molecule is CCNC(CC)CCc1c(Cl)cnn1CCOC. The third kappa shape index (κ3) is 4.59. The summed E-state index contributed by atoms with van der Waals surface area (Å²) in [6, 6.07) is 0.553. The summed E-state index contributed by atoms with van der Waals surface area (Å²) < 4.78 is 7.03. The second kappa shape index (κ2) is 8.51. The van der Waals surface area contributed by atoms with Crippen molar-refractivity contribution in [3.63, 3.8) is 0 Å². The molecule has 0 radical (unpaired) electrons. The van der Waals surface area contributed by atoms with Gasteiger partial charge in [0.05, 0.1) is 30.1 Å². The maximum atomic E-state index is 6.18. The van der Waals surface area contributed by atoms with E-state index in [4.69, 9.17) is 16.3 Å². The molecule has 4 nitrogen and oxygen atoms in total. The monoisotopic (exact) mass is 273 g/mol. The molecule has 1 N–H and O–H groups in total. The van der Waals surface area contributed by atoms with E-state index in [1.54, 1.807) is 13.3 Å². The summed E-state index contributed by atoms with van der Waals surface area (Å²) >= 11 is 6.18. The molecule has 0 saturated carbocycles. The van der Waals surface area contributed by atoms with Crippen LogP contribution in [0.15, 0.2) is 6.20 Å². The quantitative estimate of drug-likeness (QED) is 0.751. The van der Waals surface area contributed by atoms with Gasteiger partial charge in [-0.2, -0.15) is 5.10 Å². The van der Waals surface area contributed by atoms with Crippen LogP contribution in [-0.2, 0) is 17.7 Å². The van der Waals surface area contributed by atoms with E-state index in [2.05, 4.69) is 24.3 Å². The second-order valence-corrected chi connectivity index (χ2v) is 4.76. The highest BCUT2D eigenvalue weighted by atomic mass is 35.5. The molecule has 0 fully saturated rings. The van der Waals surface area contributed by atoms with Crippen molar-refractivity contribution in [3.05, 3.63) is 16.9 Å². The van der Waals surface area contributed by atoms with Gasteiger partial charge < -0.3 is 10.1 Å². The molecule has 5 heteroatoms. The van der Waals surface area contributed by atoms with E-state index in [1.165, 1.54) is 0 Å². The molecule has 0 aliphatic rings. The van der Waals surface area contributed by atoms with Gasteiger partial charge in [-0.3, -0.25) is 4.68 Å². The van der Waals surface area contributed by atoms with Crippen molar-refractivity contribution in [2.45, 2.75) is 45.7 Å². The van der Waals surface area contributed by atoms with Gasteiger partial charge in [0.1, 0.15) is 0 Å². The third-order valence-electron chi connectivity index (χ3n) is 3.12. The normalized spacial score (nSPS) is 12.9. The Balaban J connectivity index is 2.56. The lowest BCUT2D eigenvalue weighted by molar-refractivity contribution is 0.182. The summed E-state index contributed by atoms with van der Waals surface area (Å²) in [6.45, 7) is 6.77. The van der Waals surface area contributed by atoms with E-state index in [1.807, 2.05) is 4.68 Å². The average molecular weight is 274 g/mol. The van der Waals surface area contributed by atoms with Crippen LogP contribution < -0.4 is 5.32 Å². The fourth-order valence-corrected chi connectivity index (χ4v) is 2.29. The Morgan fingerprint density at radius 2 is 2.28 bits per heavy atom. The number of aromatic nitrogens is 2. The van der Waals surface area contributed by atoms with Crippen LogP contribution in [0.5, 0.6) is 0 Å². The Morgan fingerprint density at radius 1 is 1.50 bits per heavy atom. The number of hydrogen-bond acceptors (Lipinski definition) is 3. The molecule has 1 aromatic rings. The van der Waals surface area contributed by atoms with Crippen molar-refractivity contribution in [1.29, 1.82) is 0 Å². The highest BCUT2D eigenvalue weighted by Crippen LogP contribution is 2.18. The summed E-state index contributed by atoms with van der Waals surface area (Å²) in [5.41, 5.74) is 1.12. The molecule has 0 bridgehead atoms. The highest BCUT2D eigenvalue weighted by Gasteiger charge is 2.11. The fourth-order valence-electron chi connectivity index (χ4n) is 2.06. The van der Waals surface area contributed by atoms with Crippen molar-refractivity contribution < 1.29 is 4.74 Å². The molecule has 1 aromatic heterocycles. The molecule has 0 aliphatic carbocycles. The molecule has 0 amide bonds. The predicted molar refractivity (Wildman–Crippen MR) is 75.2 cm³/mol. The van der Waals surface area contributed by atoms with Crippen LogP contribution in [0.1, 0.15) is 32.4 Å². The Morgan fingerprint density at radius 3 is 2.89 bits per heavy atom. The molecule has 1 unspecified atom stereocenters. The second-order valence-electron chi connectivity index (χ2n) is 4.36. The largest absolute Gasteiger partial charge is 0.383 e. The van der Waals surface area contributed by atoms with Gasteiger partial charge in [0.25, 0.3) is 0 Å². The van der Waals surface area contributed by atoms with E-state index in [0.29, 0.717) is 12.6 Å². The zero-order valence-corrected chi connectivity index (χ0v) is 12.3. The van der Waals surface area contributed by atoms with Gasteiger partial charge >= 0.3 is 0 Å². The first-order valence-electron chi connectivity index (χ1n) is 6.65. The summed E-state index contributed by atoms with van der Waals surface area (Å²) in [4.78, 5) is 0. The van der Waals surface area contributed by atoms with Crippen molar-refractivity contribution in [1.82, 2.24) is 15.1 Å². The Labute approximate surface area is 115 Å². The summed E-state index contributed by atoms with van der Waals surface area (Å²) in [6.07, 6.45) is 4.90. The molecular weight excluding hydrogens is 250 g/mol. The van der Waals surface area contributed by atoms with Gasteiger partial charge in [0.15, 0.2) is 0 Å². The number of nitrogens with zero attached hydrogens (tertiary/aromatic N) is 2. The number of hydrogen-bond donors (Lipinski definition) is 1. The zero-order valence-electron chi connectivity index (χ0n) is 11.6. The average Bonchev–Trinajstić information content (AvgIpc) is 2.73. The van der Waals surface area contributed by atoms with Crippen LogP contribution in [0, 0.1) is 0 Å². The number of rotatable bonds is 9. The van der Waals surface area contributed by atoms with Crippen LogP contribution >= 0.6 is 11.6 Å². The van der Waals surface area contributed by atoms with Crippen LogP contribution in [0.25, 0.3) is 0 Å².